The van der Waals surface area contributed by atoms with Gasteiger partial charge in [-0.25, -0.2) is 4.98 Å². The summed E-state index contributed by atoms with van der Waals surface area (Å²) in [6, 6.07) is 54.9. The molecule has 6 aromatic heterocycles. The number of para-hydroxylation sites is 3. The van der Waals surface area contributed by atoms with Crippen LogP contribution in [0.2, 0.25) is 0 Å². The van der Waals surface area contributed by atoms with E-state index in [9.17, 15) is 38.7 Å². The fourth-order valence-corrected chi connectivity index (χ4v) is 10.8. The van der Waals surface area contributed by atoms with E-state index in [2.05, 4.69) is 15.3 Å². The van der Waals surface area contributed by atoms with Crippen LogP contribution in [0.4, 0.5) is 0 Å². The standard InChI is InChI=1S/C26H25N3O2.C25H22N2O3.C25H20N2O3/c1-17-11-12-19(13-18(17)2)25(30)23-16-29(24-10-5-4-9-22(24)26(23)31)15-21-8-6-7-20(28-21)14-27-3;2*1-16-10-11-18(12-17(16)2)24(29)22-14-27(13-19-6-5-7-20(15-28)26-19)23-9-4-3-8-21(23)25(22)30/h4-13,16,27H,14-15H2,1-3H3;3-12,14,28H,13,15H2,1-2H3;3-12,14-15H,13H2,1-2H3. The number of aryl methyl sites for hydroxylation is 6. The Hall–Kier alpha value is -11.0. The minimum Gasteiger partial charge on any atom is -0.390 e. The molecule has 12 aromatic rings. The molecule has 91 heavy (non-hydrogen) atoms. The number of carbonyl (C=O) groups is 4. The quantitative estimate of drug-likeness (QED) is 0.0685. The van der Waals surface area contributed by atoms with Crippen LogP contribution in [0.15, 0.2) is 215 Å². The van der Waals surface area contributed by atoms with E-state index in [1.807, 2.05) is 178 Å². The second kappa shape index (κ2) is 28.0. The second-order valence-electron chi connectivity index (χ2n) is 22.5. The molecule has 454 valence electrons. The Bertz CT molecular complexity index is 5000. The molecule has 0 aliphatic heterocycles. The Morgan fingerprint density at radius 3 is 1.09 bits per heavy atom. The molecule has 2 N–H and O–H groups in total. The molecule has 0 amide bonds. The number of hydrogen-bond acceptors (Lipinski definition) is 12. The fraction of sp³-hybridized carbons (Fsp3) is 0.158. The third kappa shape index (κ3) is 14.1. The SMILES string of the molecule is CNCc1cccc(Cn2cc(C(=O)c3ccc(C)c(C)c3)c(=O)c3ccccc32)n1.Cc1ccc(C(=O)c2cn(Cc3cccc(C=O)n3)c3ccccc3c2=O)cc1C.Cc1ccc(C(=O)c2cn(Cc3cccc(CO)n3)c3ccccc3c2=O)cc1C. The minimum absolute atomic E-state index is 0.114. The van der Waals surface area contributed by atoms with E-state index in [0.29, 0.717) is 87.9 Å². The molecule has 0 fully saturated rings. The number of carbonyl (C=O) groups excluding carboxylic acids is 4. The molecule has 6 aromatic carbocycles. The number of aliphatic hydroxyl groups excluding tert-OH is 1. The molecule has 15 nitrogen and oxygen atoms in total. The lowest BCUT2D eigenvalue weighted by molar-refractivity contribution is 0.102. The van der Waals surface area contributed by atoms with Crippen LogP contribution in [0.5, 0.6) is 0 Å². The number of hydrogen-bond donors (Lipinski definition) is 2. The molecule has 0 bridgehead atoms. The van der Waals surface area contributed by atoms with Crippen LogP contribution in [-0.4, -0.2) is 64.4 Å². The molecule has 12 rings (SSSR count). The average molecular weight is 1210 g/mol. The van der Waals surface area contributed by atoms with Gasteiger partial charge in [-0.2, -0.15) is 0 Å². The van der Waals surface area contributed by atoms with E-state index < -0.39 is 0 Å². The largest absolute Gasteiger partial charge is 0.390 e. The van der Waals surface area contributed by atoms with Gasteiger partial charge in [0.05, 0.1) is 88.0 Å². The van der Waals surface area contributed by atoms with Gasteiger partial charge in [0.25, 0.3) is 0 Å². The van der Waals surface area contributed by atoms with Gasteiger partial charge in [-0.1, -0.05) is 91.0 Å². The van der Waals surface area contributed by atoms with E-state index in [0.717, 1.165) is 61.5 Å². The number of aromatic nitrogens is 6. The van der Waals surface area contributed by atoms with Crippen molar-refractivity contribution in [2.45, 2.75) is 74.3 Å². The Balaban J connectivity index is 0.000000150. The Labute approximate surface area is 525 Å². The van der Waals surface area contributed by atoms with Crippen molar-refractivity contribution in [3.05, 3.63) is 332 Å². The average Bonchev–Trinajstić information content (AvgIpc) is 1.11. The van der Waals surface area contributed by atoms with Crippen molar-refractivity contribution in [1.29, 1.82) is 0 Å². The lowest BCUT2D eigenvalue weighted by Gasteiger charge is -2.14. The number of aldehydes is 1. The number of ketones is 3. The van der Waals surface area contributed by atoms with Crippen LogP contribution >= 0.6 is 0 Å². The topological polar surface area (TPSA) is 205 Å². The monoisotopic (exact) mass is 1210 g/mol. The highest BCUT2D eigenvalue weighted by Gasteiger charge is 2.22. The van der Waals surface area contributed by atoms with Gasteiger partial charge in [-0.05, 0) is 173 Å². The van der Waals surface area contributed by atoms with Crippen LogP contribution < -0.4 is 21.6 Å². The first kappa shape index (κ1) is 63.0. The molecule has 0 saturated heterocycles. The zero-order chi connectivity index (χ0) is 64.5. The molecular weight excluding hydrogens is 1140 g/mol. The van der Waals surface area contributed by atoms with Gasteiger partial charge in [-0.15, -0.1) is 0 Å². The van der Waals surface area contributed by atoms with Crippen LogP contribution in [0.25, 0.3) is 32.7 Å². The number of fused-ring (bicyclic) bond motifs is 3. The lowest BCUT2D eigenvalue weighted by Crippen LogP contribution is -2.20. The molecule has 6 heterocycles. The van der Waals surface area contributed by atoms with E-state index in [1.54, 1.807) is 85.3 Å². The normalized spacial score (nSPS) is 11.0. The maximum absolute atomic E-state index is 13.3. The maximum Gasteiger partial charge on any atom is 0.200 e. The van der Waals surface area contributed by atoms with Gasteiger partial charge in [0.2, 0.25) is 16.3 Å². The first-order valence-electron chi connectivity index (χ1n) is 29.7. The summed E-state index contributed by atoms with van der Waals surface area (Å²) in [5.74, 6) is -0.860. The Kier molecular flexibility index (Phi) is 19.4. The van der Waals surface area contributed by atoms with Crippen LogP contribution in [-0.2, 0) is 32.8 Å². The zero-order valence-electron chi connectivity index (χ0n) is 51.7. The predicted octanol–water partition coefficient (Wildman–Crippen LogP) is 11.9. The van der Waals surface area contributed by atoms with E-state index in [-0.39, 0.29) is 56.9 Å². The molecular formula is C76H67N7O8. The van der Waals surface area contributed by atoms with Gasteiger partial charge in [0, 0.05) is 58.0 Å². The number of pyridine rings is 6. The number of aliphatic hydroxyl groups is 1. The number of rotatable bonds is 16. The summed E-state index contributed by atoms with van der Waals surface area (Å²) in [5, 5.41) is 14.0. The molecule has 0 aliphatic carbocycles. The van der Waals surface area contributed by atoms with E-state index in [1.165, 1.54) is 0 Å². The first-order chi connectivity index (χ1) is 43.9. The number of nitrogens with zero attached hydrogens (tertiary/aromatic N) is 6. The van der Waals surface area contributed by atoms with Crippen molar-refractivity contribution < 1.29 is 24.3 Å². The molecule has 0 atom stereocenters. The van der Waals surface area contributed by atoms with Gasteiger partial charge >= 0.3 is 0 Å². The highest BCUT2D eigenvalue weighted by atomic mass is 16.3. The van der Waals surface area contributed by atoms with Crippen molar-refractivity contribution in [3.63, 3.8) is 0 Å². The van der Waals surface area contributed by atoms with Crippen molar-refractivity contribution in [2.75, 3.05) is 7.05 Å². The first-order valence-corrected chi connectivity index (χ1v) is 29.7. The van der Waals surface area contributed by atoms with Gasteiger partial charge in [0.15, 0.2) is 23.6 Å². The summed E-state index contributed by atoms with van der Waals surface area (Å²) >= 11 is 0. The molecule has 0 aliphatic rings. The second-order valence-corrected chi connectivity index (χ2v) is 22.5. The maximum atomic E-state index is 13.3. The fourth-order valence-electron chi connectivity index (χ4n) is 10.8. The molecule has 0 spiro atoms. The Morgan fingerprint density at radius 2 is 0.736 bits per heavy atom. The highest BCUT2D eigenvalue weighted by molar-refractivity contribution is 6.12. The molecule has 0 radical (unpaired) electrons. The third-order valence-corrected chi connectivity index (χ3v) is 16.2. The minimum atomic E-state index is -0.308. The van der Waals surface area contributed by atoms with Crippen LogP contribution in [0, 0.1) is 41.5 Å². The zero-order valence-corrected chi connectivity index (χ0v) is 51.7. The smallest absolute Gasteiger partial charge is 0.200 e. The summed E-state index contributed by atoms with van der Waals surface area (Å²) in [7, 11) is 1.88. The molecule has 0 unspecified atom stereocenters. The summed E-state index contributed by atoms with van der Waals surface area (Å²) in [6.45, 7) is 13.5. The van der Waals surface area contributed by atoms with Crippen LogP contribution in [0.1, 0.15) is 120 Å². The molecule has 15 heteroatoms. The summed E-state index contributed by atoms with van der Waals surface area (Å²) in [4.78, 5) is 104. The predicted molar refractivity (Wildman–Crippen MR) is 357 cm³/mol. The van der Waals surface area contributed by atoms with E-state index >= 15 is 0 Å². The van der Waals surface area contributed by atoms with Gasteiger partial charge in [0.1, 0.15) is 5.69 Å². The number of nitrogens with one attached hydrogen (secondary N) is 1. The van der Waals surface area contributed by atoms with Crippen molar-refractivity contribution in [1.82, 2.24) is 34.0 Å². The summed E-state index contributed by atoms with van der Waals surface area (Å²) in [5.41, 5.74) is 13.8. The number of benzene rings is 6. The van der Waals surface area contributed by atoms with Crippen molar-refractivity contribution >= 4 is 56.3 Å². The molecule has 0 saturated carbocycles. The lowest BCUT2D eigenvalue weighted by atomic mass is 9.99. The third-order valence-electron chi connectivity index (χ3n) is 16.2. The summed E-state index contributed by atoms with van der Waals surface area (Å²) in [6.07, 6.45) is 5.59. The van der Waals surface area contributed by atoms with Gasteiger partial charge in [-0.3, -0.25) is 43.5 Å². The van der Waals surface area contributed by atoms with Crippen molar-refractivity contribution in [2.24, 2.45) is 0 Å². The van der Waals surface area contributed by atoms with E-state index in [4.69, 9.17) is 4.98 Å². The Morgan fingerprint density at radius 1 is 0.407 bits per heavy atom. The summed E-state index contributed by atoms with van der Waals surface area (Å²) < 4.78 is 5.65. The van der Waals surface area contributed by atoms with Crippen molar-refractivity contribution in [3.8, 4) is 0 Å². The van der Waals surface area contributed by atoms with Gasteiger partial charge < -0.3 is 24.1 Å². The van der Waals surface area contributed by atoms with Crippen LogP contribution in [0.3, 0.4) is 0 Å². The highest BCUT2D eigenvalue weighted by Crippen LogP contribution is 2.22.